The molecule has 1 aliphatic heterocycles. The van der Waals surface area contributed by atoms with E-state index in [1.807, 2.05) is 0 Å². The van der Waals surface area contributed by atoms with Crippen LogP contribution in [-0.4, -0.2) is 49.8 Å². The first-order chi connectivity index (χ1) is 8.76. The molecule has 0 aromatic heterocycles. The fourth-order valence-electron chi connectivity index (χ4n) is 2.77. The molecule has 3 nitrogen and oxygen atoms in total. The zero-order valence-corrected chi connectivity index (χ0v) is 12.6. The van der Waals surface area contributed by atoms with Gasteiger partial charge in [0, 0.05) is 31.8 Å². The van der Waals surface area contributed by atoms with Crippen molar-refractivity contribution in [3.8, 4) is 0 Å². The molecule has 0 spiro atoms. The third-order valence-corrected chi connectivity index (χ3v) is 4.14. The molecule has 108 valence electrons. The van der Waals surface area contributed by atoms with E-state index in [0.29, 0.717) is 5.54 Å². The lowest BCUT2D eigenvalue weighted by Crippen LogP contribution is -2.50. The largest absolute Gasteiger partial charge is 0.381 e. The molecule has 1 saturated heterocycles. The Morgan fingerprint density at radius 2 is 1.94 bits per heavy atom. The third kappa shape index (κ3) is 5.25. The van der Waals surface area contributed by atoms with Gasteiger partial charge >= 0.3 is 0 Å². The van der Waals surface area contributed by atoms with Gasteiger partial charge in [-0.3, -0.25) is 0 Å². The van der Waals surface area contributed by atoms with Crippen LogP contribution in [0, 0.1) is 0 Å². The molecular formula is C15H32N2O. The molecule has 1 rings (SSSR count). The smallest absolute Gasteiger partial charge is 0.0478 e. The summed E-state index contributed by atoms with van der Waals surface area (Å²) in [7, 11) is 0. The van der Waals surface area contributed by atoms with Gasteiger partial charge in [0.2, 0.25) is 0 Å². The molecule has 1 heterocycles. The Bertz CT molecular complexity index is 205. The van der Waals surface area contributed by atoms with Crippen molar-refractivity contribution in [1.29, 1.82) is 0 Å². The lowest BCUT2D eigenvalue weighted by molar-refractivity contribution is 0.115. The molecule has 0 unspecified atom stereocenters. The predicted octanol–water partition coefficient (Wildman–Crippen LogP) is 2.66. The van der Waals surface area contributed by atoms with Gasteiger partial charge in [-0.2, -0.15) is 0 Å². The van der Waals surface area contributed by atoms with Gasteiger partial charge in [-0.25, -0.2) is 0 Å². The Kier molecular flexibility index (Phi) is 7.87. The standard InChI is InChI=1S/C15H32N2O/c1-4-12-18-13-8-11-17-10-7-9-16-15(5-2,6-3)14-17/h16H,4-14H2,1-3H3. The van der Waals surface area contributed by atoms with Crippen LogP contribution in [0.2, 0.25) is 0 Å². The van der Waals surface area contributed by atoms with Gasteiger partial charge in [-0.05, 0) is 45.2 Å². The van der Waals surface area contributed by atoms with E-state index in [4.69, 9.17) is 4.74 Å². The average molecular weight is 256 g/mol. The Morgan fingerprint density at radius 3 is 2.61 bits per heavy atom. The topological polar surface area (TPSA) is 24.5 Å². The van der Waals surface area contributed by atoms with Crippen molar-refractivity contribution in [2.45, 2.75) is 58.4 Å². The van der Waals surface area contributed by atoms with Crippen LogP contribution in [0.5, 0.6) is 0 Å². The average Bonchev–Trinajstić information content (AvgIpc) is 2.61. The summed E-state index contributed by atoms with van der Waals surface area (Å²) < 4.78 is 5.57. The first kappa shape index (κ1) is 15.9. The second kappa shape index (κ2) is 8.89. The van der Waals surface area contributed by atoms with Crippen molar-refractivity contribution >= 4 is 0 Å². The Morgan fingerprint density at radius 1 is 1.17 bits per heavy atom. The summed E-state index contributed by atoms with van der Waals surface area (Å²) in [5.41, 5.74) is 0.348. The van der Waals surface area contributed by atoms with Crippen LogP contribution < -0.4 is 5.32 Å². The molecule has 1 aliphatic rings. The van der Waals surface area contributed by atoms with Crippen molar-refractivity contribution in [2.75, 3.05) is 39.4 Å². The molecule has 18 heavy (non-hydrogen) atoms. The Hall–Kier alpha value is -0.120. The summed E-state index contributed by atoms with van der Waals surface area (Å²) in [4.78, 5) is 2.63. The zero-order valence-electron chi connectivity index (χ0n) is 12.6. The highest BCUT2D eigenvalue weighted by Crippen LogP contribution is 2.19. The zero-order chi connectivity index (χ0) is 13.3. The van der Waals surface area contributed by atoms with E-state index in [9.17, 15) is 0 Å². The molecule has 0 radical (unpaired) electrons. The van der Waals surface area contributed by atoms with E-state index < -0.39 is 0 Å². The fourth-order valence-corrected chi connectivity index (χ4v) is 2.77. The van der Waals surface area contributed by atoms with Crippen LogP contribution in [0.25, 0.3) is 0 Å². The highest BCUT2D eigenvalue weighted by Gasteiger charge is 2.29. The van der Waals surface area contributed by atoms with Crippen LogP contribution >= 0.6 is 0 Å². The Labute approximate surface area is 113 Å². The Balaban J connectivity index is 2.30. The molecule has 1 N–H and O–H groups in total. The quantitative estimate of drug-likeness (QED) is 0.676. The first-order valence-corrected chi connectivity index (χ1v) is 7.81. The van der Waals surface area contributed by atoms with Crippen LogP contribution in [-0.2, 0) is 4.74 Å². The first-order valence-electron chi connectivity index (χ1n) is 7.81. The van der Waals surface area contributed by atoms with Crippen molar-refractivity contribution in [1.82, 2.24) is 10.2 Å². The van der Waals surface area contributed by atoms with E-state index in [-0.39, 0.29) is 0 Å². The van der Waals surface area contributed by atoms with Crippen molar-refractivity contribution < 1.29 is 4.74 Å². The lowest BCUT2D eigenvalue weighted by atomic mass is 9.92. The van der Waals surface area contributed by atoms with E-state index >= 15 is 0 Å². The molecule has 3 heteroatoms. The monoisotopic (exact) mass is 256 g/mol. The maximum absolute atomic E-state index is 5.57. The van der Waals surface area contributed by atoms with Gasteiger partial charge < -0.3 is 15.0 Å². The summed E-state index contributed by atoms with van der Waals surface area (Å²) in [6.07, 6.45) is 6.03. The maximum atomic E-state index is 5.57. The van der Waals surface area contributed by atoms with Crippen molar-refractivity contribution in [3.63, 3.8) is 0 Å². The third-order valence-electron chi connectivity index (χ3n) is 4.14. The van der Waals surface area contributed by atoms with Gasteiger partial charge in [0.25, 0.3) is 0 Å². The van der Waals surface area contributed by atoms with E-state index in [1.54, 1.807) is 0 Å². The summed E-state index contributed by atoms with van der Waals surface area (Å²) in [5.74, 6) is 0. The minimum absolute atomic E-state index is 0.348. The second-order valence-corrected chi connectivity index (χ2v) is 5.51. The molecule has 1 fully saturated rings. The summed E-state index contributed by atoms with van der Waals surface area (Å²) in [5, 5.41) is 3.76. The van der Waals surface area contributed by atoms with Crippen LogP contribution in [0.15, 0.2) is 0 Å². The molecule has 0 aromatic rings. The SMILES string of the molecule is CCCOCCCN1CCCNC(CC)(CC)C1. The predicted molar refractivity (Wildman–Crippen MR) is 78.1 cm³/mol. The van der Waals surface area contributed by atoms with Crippen LogP contribution in [0.1, 0.15) is 52.9 Å². The number of ether oxygens (including phenoxy) is 1. The van der Waals surface area contributed by atoms with E-state index in [2.05, 4.69) is 31.0 Å². The highest BCUT2D eigenvalue weighted by molar-refractivity contribution is 4.90. The van der Waals surface area contributed by atoms with Crippen LogP contribution in [0.3, 0.4) is 0 Å². The molecule has 0 saturated carbocycles. The number of nitrogens with one attached hydrogen (secondary N) is 1. The molecule has 0 atom stereocenters. The number of rotatable bonds is 8. The van der Waals surface area contributed by atoms with Gasteiger partial charge in [-0.1, -0.05) is 20.8 Å². The summed E-state index contributed by atoms with van der Waals surface area (Å²) in [6, 6.07) is 0. The highest BCUT2D eigenvalue weighted by atomic mass is 16.5. The molecule has 0 aromatic carbocycles. The van der Waals surface area contributed by atoms with E-state index in [1.165, 1.54) is 51.9 Å². The minimum atomic E-state index is 0.348. The van der Waals surface area contributed by atoms with Crippen molar-refractivity contribution in [3.05, 3.63) is 0 Å². The molecule has 0 bridgehead atoms. The summed E-state index contributed by atoms with van der Waals surface area (Å²) in [6.45, 7) is 13.4. The van der Waals surface area contributed by atoms with Gasteiger partial charge in [0.15, 0.2) is 0 Å². The number of hydrogen-bond acceptors (Lipinski definition) is 3. The van der Waals surface area contributed by atoms with Crippen molar-refractivity contribution in [2.24, 2.45) is 0 Å². The number of hydrogen-bond donors (Lipinski definition) is 1. The maximum Gasteiger partial charge on any atom is 0.0478 e. The van der Waals surface area contributed by atoms with Gasteiger partial charge in [-0.15, -0.1) is 0 Å². The molecule has 0 amide bonds. The minimum Gasteiger partial charge on any atom is -0.381 e. The van der Waals surface area contributed by atoms with E-state index in [0.717, 1.165) is 19.6 Å². The second-order valence-electron chi connectivity index (χ2n) is 5.51. The summed E-state index contributed by atoms with van der Waals surface area (Å²) >= 11 is 0. The molecular weight excluding hydrogens is 224 g/mol. The van der Waals surface area contributed by atoms with Crippen LogP contribution in [0.4, 0.5) is 0 Å². The molecule has 0 aliphatic carbocycles. The fraction of sp³-hybridized carbons (Fsp3) is 1.00. The normalized spacial score (nSPS) is 20.8. The van der Waals surface area contributed by atoms with Gasteiger partial charge in [0.1, 0.15) is 0 Å². The number of nitrogens with zero attached hydrogens (tertiary/aromatic N) is 1. The van der Waals surface area contributed by atoms with Gasteiger partial charge in [0.05, 0.1) is 0 Å². The lowest BCUT2D eigenvalue weighted by Gasteiger charge is -2.35.